The topological polar surface area (TPSA) is 91.5 Å². The largest absolute Gasteiger partial charge is 0.507 e. The molecular formula is C24H24BN5O2. The molecule has 2 aromatic heterocycles. The fourth-order valence-corrected chi connectivity index (χ4v) is 3.67. The van der Waals surface area contributed by atoms with Crippen molar-refractivity contribution >= 4 is 30.7 Å². The van der Waals surface area contributed by atoms with Crippen LogP contribution in [0, 0.1) is 5.92 Å². The molecule has 0 atom stereocenters. The van der Waals surface area contributed by atoms with E-state index in [1.807, 2.05) is 38.2 Å². The second-order valence-electron chi connectivity index (χ2n) is 8.27. The van der Waals surface area contributed by atoms with E-state index in [1.165, 1.54) is 0 Å². The molecule has 5 rings (SSSR count). The summed E-state index contributed by atoms with van der Waals surface area (Å²) in [4.78, 5) is 16.5. The van der Waals surface area contributed by atoms with Crippen molar-refractivity contribution in [3.05, 3.63) is 71.9 Å². The van der Waals surface area contributed by atoms with Crippen LogP contribution < -0.4 is 16.1 Å². The minimum atomic E-state index is 0.159. The van der Waals surface area contributed by atoms with E-state index in [4.69, 9.17) is 4.98 Å². The van der Waals surface area contributed by atoms with E-state index in [-0.39, 0.29) is 17.6 Å². The molecule has 2 heterocycles. The number of nitrogens with zero attached hydrogens (tertiary/aromatic N) is 3. The monoisotopic (exact) mass is 425 g/mol. The van der Waals surface area contributed by atoms with Gasteiger partial charge in [0.25, 0.3) is 0 Å². The molecular weight excluding hydrogens is 401 g/mol. The maximum absolute atomic E-state index is 11.8. The summed E-state index contributed by atoms with van der Waals surface area (Å²) >= 11 is 0. The number of hydrogen-bond acceptors (Lipinski definition) is 5. The van der Waals surface area contributed by atoms with Crippen LogP contribution in [0.3, 0.4) is 0 Å². The van der Waals surface area contributed by atoms with Crippen molar-refractivity contribution < 1.29 is 9.90 Å². The van der Waals surface area contributed by atoms with Crippen molar-refractivity contribution in [1.82, 2.24) is 19.9 Å². The highest BCUT2D eigenvalue weighted by Gasteiger charge is 2.29. The van der Waals surface area contributed by atoms with Crippen LogP contribution in [0.2, 0.25) is 0 Å². The molecule has 4 aromatic rings. The average Bonchev–Trinajstić information content (AvgIpc) is 3.60. The number of nitrogens with one attached hydrogen (secondary N) is 2. The first-order valence-corrected chi connectivity index (χ1v) is 10.8. The zero-order valence-corrected chi connectivity index (χ0v) is 17.9. The molecule has 7 nitrogen and oxygen atoms in total. The van der Waals surface area contributed by atoms with Gasteiger partial charge in [0, 0.05) is 36.8 Å². The molecule has 160 valence electrons. The molecule has 1 fully saturated rings. The molecule has 1 aliphatic rings. The van der Waals surface area contributed by atoms with Gasteiger partial charge in [0.05, 0.1) is 5.69 Å². The molecule has 0 bridgehead atoms. The van der Waals surface area contributed by atoms with Gasteiger partial charge in [-0.3, -0.25) is 4.79 Å². The number of aromatic nitrogens is 3. The van der Waals surface area contributed by atoms with Crippen LogP contribution in [-0.4, -0.2) is 33.5 Å². The first kappa shape index (κ1) is 20.1. The summed E-state index contributed by atoms with van der Waals surface area (Å²) in [5.74, 6) is 1.37. The Morgan fingerprint density at radius 2 is 1.81 bits per heavy atom. The minimum Gasteiger partial charge on any atom is -0.507 e. The van der Waals surface area contributed by atoms with Crippen molar-refractivity contribution in [1.29, 1.82) is 0 Å². The second-order valence-corrected chi connectivity index (χ2v) is 8.27. The van der Waals surface area contributed by atoms with Gasteiger partial charge in [-0.15, -0.1) is 0 Å². The normalized spacial score (nSPS) is 13.2. The predicted octanol–water partition coefficient (Wildman–Crippen LogP) is 2.00. The lowest BCUT2D eigenvalue weighted by atomic mass is 10.0. The van der Waals surface area contributed by atoms with Gasteiger partial charge in [-0.05, 0) is 41.6 Å². The molecule has 0 aliphatic heterocycles. The Morgan fingerprint density at radius 3 is 2.53 bits per heavy atom. The minimum absolute atomic E-state index is 0.159. The van der Waals surface area contributed by atoms with Crippen molar-refractivity contribution in [2.24, 2.45) is 5.92 Å². The molecule has 1 amide bonds. The zero-order valence-electron chi connectivity index (χ0n) is 17.9. The van der Waals surface area contributed by atoms with Crippen LogP contribution >= 0.6 is 0 Å². The lowest BCUT2D eigenvalue weighted by Gasteiger charge is -2.12. The third kappa shape index (κ3) is 4.16. The number of aromatic hydroxyl groups is 1. The van der Waals surface area contributed by atoms with Gasteiger partial charge in [-0.2, -0.15) is 9.61 Å². The molecule has 0 radical (unpaired) electrons. The van der Waals surface area contributed by atoms with Crippen LogP contribution in [0.25, 0.3) is 16.9 Å². The number of carbonyl (C=O) groups is 1. The molecule has 1 aliphatic carbocycles. The highest BCUT2D eigenvalue weighted by molar-refractivity contribution is 6.36. The number of phenols is 1. The predicted molar refractivity (Wildman–Crippen MR) is 127 cm³/mol. The fraction of sp³-hybridized carbons (Fsp3) is 0.208. The van der Waals surface area contributed by atoms with Gasteiger partial charge in [-0.25, -0.2) is 4.98 Å². The maximum atomic E-state index is 11.8. The number of rotatable bonds is 7. The van der Waals surface area contributed by atoms with Crippen LogP contribution in [0.4, 0.5) is 5.82 Å². The van der Waals surface area contributed by atoms with E-state index in [1.54, 1.807) is 22.8 Å². The van der Waals surface area contributed by atoms with Crippen LogP contribution in [0.15, 0.2) is 60.8 Å². The average molecular weight is 425 g/mol. The van der Waals surface area contributed by atoms with E-state index in [0.29, 0.717) is 24.3 Å². The SMILES string of the molecule is Bc1cnn2c(NCc3ccc(CNC(=O)C4CC4)cc3)cc(-c3ccccc3O)nc12. The van der Waals surface area contributed by atoms with Gasteiger partial charge in [0.2, 0.25) is 5.91 Å². The highest BCUT2D eigenvalue weighted by atomic mass is 16.3. The molecule has 0 saturated heterocycles. The summed E-state index contributed by atoms with van der Waals surface area (Å²) in [5.41, 5.74) is 5.26. The number of anilines is 1. The van der Waals surface area contributed by atoms with Crippen molar-refractivity contribution in [2.45, 2.75) is 25.9 Å². The van der Waals surface area contributed by atoms with Crippen molar-refractivity contribution in [2.75, 3.05) is 5.32 Å². The second kappa shape index (κ2) is 8.38. The number of amides is 1. The first-order valence-electron chi connectivity index (χ1n) is 10.8. The number of phenolic OH excluding ortho intramolecular Hbond substituents is 1. The standard InChI is InChI=1S/C24H24BN5O2/c25-19-14-28-30-22(11-20(29-23(19)30)18-3-1-2-4-21(18)31)26-12-15-5-7-16(8-6-15)13-27-24(32)17-9-10-17/h1-8,11,14,17,26,31H,9-10,12-13,25H2,(H,27,32). The van der Waals surface area contributed by atoms with E-state index < -0.39 is 0 Å². The third-order valence-electron chi connectivity index (χ3n) is 5.74. The van der Waals surface area contributed by atoms with Crippen LogP contribution in [0.1, 0.15) is 24.0 Å². The zero-order chi connectivity index (χ0) is 22.1. The summed E-state index contributed by atoms with van der Waals surface area (Å²) in [7, 11) is 1.97. The highest BCUT2D eigenvalue weighted by Crippen LogP contribution is 2.30. The van der Waals surface area contributed by atoms with Gasteiger partial charge in [0.1, 0.15) is 19.4 Å². The Hall–Kier alpha value is -3.81. The van der Waals surface area contributed by atoms with Crippen LogP contribution in [-0.2, 0) is 17.9 Å². The van der Waals surface area contributed by atoms with Gasteiger partial charge in [0.15, 0.2) is 5.65 Å². The molecule has 0 unspecified atom stereocenters. The molecule has 0 spiro atoms. The Bertz CT molecular complexity index is 1280. The Balaban J connectivity index is 1.33. The molecule has 1 saturated carbocycles. The first-order chi connectivity index (χ1) is 15.6. The number of benzene rings is 2. The maximum Gasteiger partial charge on any atom is 0.223 e. The van der Waals surface area contributed by atoms with Crippen LogP contribution in [0.5, 0.6) is 5.75 Å². The summed E-state index contributed by atoms with van der Waals surface area (Å²) in [6.07, 6.45) is 3.81. The van der Waals surface area contributed by atoms with Gasteiger partial charge >= 0.3 is 0 Å². The number of hydrogen-bond donors (Lipinski definition) is 3. The van der Waals surface area contributed by atoms with Gasteiger partial charge < -0.3 is 15.7 Å². The summed E-state index contributed by atoms with van der Waals surface area (Å²) in [5, 5.41) is 21.2. The molecule has 3 N–H and O–H groups in total. The molecule has 2 aromatic carbocycles. The molecule has 32 heavy (non-hydrogen) atoms. The van der Waals surface area contributed by atoms with Crippen molar-refractivity contribution in [3.63, 3.8) is 0 Å². The number of fused-ring (bicyclic) bond motifs is 1. The lowest BCUT2D eigenvalue weighted by molar-refractivity contribution is -0.122. The molecule has 8 heteroatoms. The number of para-hydroxylation sites is 1. The lowest BCUT2D eigenvalue weighted by Crippen LogP contribution is -2.24. The van der Waals surface area contributed by atoms with E-state index in [2.05, 4.69) is 27.9 Å². The Kier molecular flexibility index (Phi) is 5.27. The smallest absolute Gasteiger partial charge is 0.223 e. The Morgan fingerprint density at radius 1 is 1.09 bits per heavy atom. The Labute approximate surface area is 186 Å². The van der Waals surface area contributed by atoms with Gasteiger partial charge in [-0.1, -0.05) is 36.4 Å². The van der Waals surface area contributed by atoms with Crippen molar-refractivity contribution in [3.8, 4) is 17.0 Å². The quantitative estimate of drug-likeness (QED) is 0.394. The summed E-state index contributed by atoms with van der Waals surface area (Å²) in [6.45, 7) is 1.16. The van der Waals surface area contributed by atoms with E-state index >= 15 is 0 Å². The third-order valence-corrected chi connectivity index (χ3v) is 5.74. The summed E-state index contributed by atoms with van der Waals surface area (Å²) in [6, 6.07) is 17.3. The van der Waals surface area contributed by atoms with E-state index in [9.17, 15) is 9.90 Å². The fourth-order valence-electron chi connectivity index (χ4n) is 3.67. The number of carbonyl (C=O) groups excluding carboxylic acids is 1. The summed E-state index contributed by atoms with van der Waals surface area (Å²) < 4.78 is 1.78. The van der Waals surface area contributed by atoms with E-state index in [0.717, 1.165) is 40.9 Å².